The Morgan fingerprint density at radius 2 is 1.55 bits per heavy atom. The molecule has 0 spiro atoms. The number of ether oxygens (including phenoxy) is 3. The fourth-order valence-corrected chi connectivity index (χ4v) is 2.53. The summed E-state index contributed by atoms with van der Waals surface area (Å²) in [6.07, 6.45) is 0. The highest BCUT2D eigenvalue weighted by Crippen LogP contribution is 2.31. The number of rotatable bonds is 5. The summed E-state index contributed by atoms with van der Waals surface area (Å²) in [6, 6.07) is 11.2. The Kier molecular flexibility index (Phi) is 5.87. The van der Waals surface area contributed by atoms with Crippen LogP contribution < -0.4 is 14.8 Å². The molecule has 0 aliphatic carbocycles. The van der Waals surface area contributed by atoms with Gasteiger partial charge in [0.2, 0.25) is 5.91 Å². The Bertz CT molecular complexity index is 927. The lowest BCUT2D eigenvalue weighted by atomic mass is 9.95. The predicted octanol–water partition coefficient (Wildman–Crippen LogP) is 3.48. The molecule has 0 saturated heterocycles. The topological polar surface area (TPSA) is 90.9 Å². The molecule has 2 aromatic rings. The molecule has 0 atom stereocenters. The zero-order valence-corrected chi connectivity index (χ0v) is 16.6. The second kappa shape index (κ2) is 8.34. The molecule has 0 saturated carbocycles. The summed E-state index contributed by atoms with van der Waals surface area (Å²) in [6.45, 7) is 5.93. The van der Waals surface area contributed by atoms with E-state index in [2.05, 4.69) is 5.32 Å². The van der Waals surface area contributed by atoms with Crippen molar-refractivity contribution in [1.82, 2.24) is 0 Å². The zero-order valence-electron chi connectivity index (χ0n) is 16.6. The largest absolute Gasteiger partial charge is 0.486 e. The first-order valence-corrected chi connectivity index (χ1v) is 9.25. The lowest BCUT2D eigenvalue weighted by Crippen LogP contribution is -2.27. The van der Waals surface area contributed by atoms with Gasteiger partial charge in [-0.15, -0.1) is 0 Å². The third-order valence-corrected chi connectivity index (χ3v) is 4.26. The van der Waals surface area contributed by atoms with E-state index in [1.54, 1.807) is 36.4 Å². The van der Waals surface area contributed by atoms with Crippen molar-refractivity contribution in [2.75, 3.05) is 25.1 Å². The number of Topliss-reactive ketones (excluding diaryl/α,β-unsaturated/α-hetero) is 1. The first-order chi connectivity index (χ1) is 13.7. The highest BCUT2D eigenvalue weighted by atomic mass is 16.6. The van der Waals surface area contributed by atoms with Crippen LogP contribution in [0.15, 0.2) is 42.5 Å². The van der Waals surface area contributed by atoms with Crippen molar-refractivity contribution >= 4 is 23.3 Å². The maximum absolute atomic E-state index is 12.3. The number of amides is 1. The van der Waals surface area contributed by atoms with Crippen molar-refractivity contribution in [3.8, 4) is 11.5 Å². The molecule has 3 rings (SSSR count). The molecule has 0 unspecified atom stereocenters. The average molecular weight is 397 g/mol. The molecular weight excluding hydrogens is 374 g/mol. The third kappa shape index (κ3) is 5.13. The van der Waals surface area contributed by atoms with Gasteiger partial charge in [0, 0.05) is 16.7 Å². The average Bonchev–Trinajstić information content (AvgIpc) is 2.71. The molecule has 0 aromatic heterocycles. The number of hydrogen-bond donors (Lipinski definition) is 1. The van der Waals surface area contributed by atoms with Crippen LogP contribution >= 0.6 is 0 Å². The molecular formula is C22H23NO6. The van der Waals surface area contributed by atoms with Crippen LogP contribution in [0.4, 0.5) is 5.69 Å². The van der Waals surface area contributed by atoms with E-state index in [1.807, 2.05) is 20.8 Å². The SMILES string of the molecule is CC(C)(C)C(=O)Nc1ccc(C(=O)COC(=O)c2ccc3c(c2)OCCO3)cc1. The van der Waals surface area contributed by atoms with Crippen molar-refractivity contribution < 1.29 is 28.6 Å². The molecule has 0 radical (unpaired) electrons. The van der Waals surface area contributed by atoms with E-state index in [9.17, 15) is 14.4 Å². The Morgan fingerprint density at radius 1 is 0.931 bits per heavy atom. The lowest BCUT2D eigenvalue weighted by molar-refractivity contribution is -0.123. The minimum absolute atomic E-state index is 0.120. The van der Waals surface area contributed by atoms with Crippen LogP contribution in [0.25, 0.3) is 0 Å². The first-order valence-electron chi connectivity index (χ1n) is 9.25. The van der Waals surface area contributed by atoms with Gasteiger partial charge in [0.1, 0.15) is 13.2 Å². The van der Waals surface area contributed by atoms with E-state index in [4.69, 9.17) is 14.2 Å². The van der Waals surface area contributed by atoms with Crippen LogP contribution in [-0.4, -0.2) is 37.5 Å². The van der Waals surface area contributed by atoms with Gasteiger partial charge in [0.15, 0.2) is 23.9 Å². The normalized spacial score (nSPS) is 12.8. The van der Waals surface area contributed by atoms with Gasteiger partial charge >= 0.3 is 5.97 Å². The highest BCUT2D eigenvalue weighted by molar-refractivity contribution is 6.00. The quantitative estimate of drug-likeness (QED) is 0.614. The second-order valence-electron chi connectivity index (χ2n) is 7.64. The number of carbonyl (C=O) groups excluding carboxylic acids is 3. The number of esters is 1. The fraction of sp³-hybridized carbons (Fsp3) is 0.318. The number of anilines is 1. The molecule has 2 aromatic carbocycles. The molecule has 7 nitrogen and oxygen atoms in total. The summed E-state index contributed by atoms with van der Waals surface area (Å²) in [5.41, 5.74) is 0.738. The monoisotopic (exact) mass is 397 g/mol. The van der Waals surface area contributed by atoms with E-state index in [-0.39, 0.29) is 23.9 Å². The number of hydrogen-bond acceptors (Lipinski definition) is 6. The molecule has 0 fully saturated rings. The maximum atomic E-state index is 12.3. The Hall–Kier alpha value is -3.35. The van der Waals surface area contributed by atoms with E-state index < -0.39 is 11.4 Å². The van der Waals surface area contributed by atoms with Crippen LogP contribution in [0, 0.1) is 5.41 Å². The van der Waals surface area contributed by atoms with Gasteiger partial charge in [-0.25, -0.2) is 4.79 Å². The van der Waals surface area contributed by atoms with E-state index in [0.29, 0.717) is 36.0 Å². The van der Waals surface area contributed by atoms with Crippen LogP contribution in [0.2, 0.25) is 0 Å². The second-order valence-corrected chi connectivity index (χ2v) is 7.64. The molecule has 7 heteroatoms. The summed E-state index contributed by atoms with van der Waals surface area (Å²) < 4.78 is 16.0. The molecule has 1 aliphatic rings. The van der Waals surface area contributed by atoms with Gasteiger partial charge in [-0.3, -0.25) is 9.59 Å². The van der Waals surface area contributed by atoms with Gasteiger partial charge in [-0.1, -0.05) is 20.8 Å². The van der Waals surface area contributed by atoms with E-state index in [0.717, 1.165) is 0 Å². The van der Waals surface area contributed by atoms with E-state index in [1.165, 1.54) is 6.07 Å². The third-order valence-electron chi connectivity index (χ3n) is 4.26. The van der Waals surface area contributed by atoms with Crippen LogP contribution in [0.5, 0.6) is 11.5 Å². The molecule has 0 bridgehead atoms. The molecule has 1 aliphatic heterocycles. The minimum atomic E-state index is -0.621. The van der Waals surface area contributed by atoms with Crippen LogP contribution in [0.1, 0.15) is 41.5 Å². The highest BCUT2D eigenvalue weighted by Gasteiger charge is 2.21. The zero-order chi connectivity index (χ0) is 21.0. The van der Waals surface area contributed by atoms with Crippen molar-refractivity contribution in [2.45, 2.75) is 20.8 Å². The van der Waals surface area contributed by atoms with Crippen molar-refractivity contribution in [2.24, 2.45) is 5.41 Å². The van der Waals surface area contributed by atoms with Gasteiger partial charge in [-0.2, -0.15) is 0 Å². The number of nitrogens with one attached hydrogen (secondary N) is 1. The summed E-state index contributed by atoms with van der Waals surface area (Å²) in [5.74, 6) is -0.0358. The van der Waals surface area contributed by atoms with Gasteiger partial charge in [-0.05, 0) is 42.5 Å². The Balaban J connectivity index is 1.56. The number of benzene rings is 2. The van der Waals surface area contributed by atoms with Crippen LogP contribution in [0.3, 0.4) is 0 Å². The van der Waals surface area contributed by atoms with E-state index >= 15 is 0 Å². The predicted molar refractivity (Wildman–Crippen MR) is 107 cm³/mol. The standard InChI is InChI=1S/C22H23NO6/c1-22(2,3)21(26)23-16-7-4-14(5-8-16)17(24)13-29-20(25)15-6-9-18-19(12-15)28-11-10-27-18/h4-9,12H,10-11,13H2,1-3H3,(H,23,26). The fourth-order valence-electron chi connectivity index (χ4n) is 2.53. The molecule has 29 heavy (non-hydrogen) atoms. The maximum Gasteiger partial charge on any atom is 0.338 e. The van der Waals surface area contributed by atoms with Gasteiger partial charge < -0.3 is 19.5 Å². The first kappa shape index (κ1) is 20.4. The summed E-state index contributed by atoms with van der Waals surface area (Å²) in [7, 11) is 0. The number of ketones is 1. The number of carbonyl (C=O) groups is 3. The summed E-state index contributed by atoms with van der Waals surface area (Å²) >= 11 is 0. The number of fused-ring (bicyclic) bond motifs is 1. The Labute approximate surface area is 169 Å². The minimum Gasteiger partial charge on any atom is -0.486 e. The lowest BCUT2D eigenvalue weighted by Gasteiger charge is -2.18. The van der Waals surface area contributed by atoms with Crippen LogP contribution in [-0.2, 0) is 9.53 Å². The van der Waals surface area contributed by atoms with Crippen molar-refractivity contribution in [3.63, 3.8) is 0 Å². The molecule has 1 amide bonds. The summed E-state index contributed by atoms with van der Waals surface area (Å²) in [5, 5.41) is 2.79. The Morgan fingerprint density at radius 3 is 2.21 bits per heavy atom. The van der Waals surface area contributed by atoms with Gasteiger partial charge in [0.25, 0.3) is 0 Å². The van der Waals surface area contributed by atoms with Crippen molar-refractivity contribution in [3.05, 3.63) is 53.6 Å². The smallest absolute Gasteiger partial charge is 0.338 e. The molecule has 152 valence electrons. The van der Waals surface area contributed by atoms with Gasteiger partial charge in [0.05, 0.1) is 5.56 Å². The van der Waals surface area contributed by atoms with Crippen molar-refractivity contribution in [1.29, 1.82) is 0 Å². The molecule has 1 N–H and O–H groups in total. The molecule has 1 heterocycles. The summed E-state index contributed by atoms with van der Waals surface area (Å²) in [4.78, 5) is 36.5.